The number of morpholine rings is 1. The van der Waals surface area contributed by atoms with Gasteiger partial charge in [0.25, 0.3) is 0 Å². The number of carbonyl (C=O) groups excluding carboxylic acids is 1. The van der Waals surface area contributed by atoms with Gasteiger partial charge in [-0.25, -0.2) is 0 Å². The topological polar surface area (TPSA) is 48.0 Å². The minimum Gasteiger partial charge on any atom is -0.467 e. The van der Waals surface area contributed by atoms with Gasteiger partial charge in [-0.3, -0.25) is 4.79 Å². The molecule has 1 saturated heterocycles. The highest BCUT2D eigenvalue weighted by molar-refractivity contribution is 5.88. The van der Waals surface area contributed by atoms with Crippen molar-refractivity contribution in [2.24, 2.45) is 0 Å². The Morgan fingerprint density at radius 1 is 1.39 bits per heavy atom. The standard InChI is InChI=1S/C13H17NO4/c1-16-10-18-13-4-2-3-12(11(13)9-15)14-5-7-17-8-6-14/h2-4,9H,5-8,10H2,1H3. The molecule has 5 heteroatoms. The molecule has 0 aromatic heterocycles. The molecule has 1 aromatic rings. The zero-order valence-electron chi connectivity index (χ0n) is 10.4. The van der Waals surface area contributed by atoms with Crippen LogP contribution in [0.25, 0.3) is 0 Å². The molecule has 5 nitrogen and oxygen atoms in total. The van der Waals surface area contributed by atoms with Crippen LogP contribution in [0.3, 0.4) is 0 Å². The zero-order chi connectivity index (χ0) is 12.8. The molecule has 0 radical (unpaired) electrons. The fraction of sp³-hybridized carbons (Fsp3) is 0.462. The molecular weight excluding hydrogens is 234 g/mol. The quantitative estimate of drug-likeness (QED) is 0.583. The first-order valence-electron chi connectivity index (χ1n) is 5.89. The lowest BCUT2D eigenvalue weighted by Gasteiger charge is -2.30. The number of carbonyl (C=O) groups is 1. The molecule has 1 aliphatic heterocycles. The van der Waals surface area contributed by atoms with Crippen molar-refractivity contribution in [3.8, 4) is 5.75 Å². The van der Waals surface area contributed by atoms with Crippen LogP contribution in [0.5, 0.6) is 5.75 Å². The molecule has 18 heavy (non-hydrogen) atoms. The molecule has 0 amide bonds. The first kappa shape index (κ1) is 12.9. The molecular formula is C13H17NO4. The minimum atomic E-state index is 0.132. The van der Waals surface area contributed by atoms with Crippen molar-refractivity contribution in [2.75, 3.05) is 45.1 Å². The number of aldehydes is 1. The third kappa shape index (κ3) is 2.80. The summed E-state index contributed by atoms with van der Waals surface area (Å²) >= 11 is 0. The molecule has 2 rings (SSSR count). The second kappa shape index (κ2) is 6.37. The Kier molecular flexibility index (Phi) is 4.55. The van der Waals surface area contributed by atoms with E-state index in [1.165, 1.54) is 0 Å². The molecule has 1 aromatic carbocycles. The third-order valence-corrected chi connectivity index (χ3v) is 2.85. The Bertz CT molecular complexity index is 402. The van der Waals surface area contributed by atoms with E-state index in [9.17, 15) is 4.79 Å². The van der Waals surface area contributed by atoms with Crippen molar-refractivity contribution >= 4 is 12.0 Å². The lowest BCUT2D eigenvalue weighted by molar-refractivity contribution is 0.0505. The van der Waals surface area contributed by atoms with Crippen molar-refractivity contribution in [2.45, 2.75) is 0 Å². The van der Waals surface area contributed by atoms with Crippen LogP contribution in [0.15, 0.2) is 18.2 Å². The Morgan fingerprint density at radius 3 is 2.83 bits per heavy atom. The summed E-state index contributed by atoms with van der Waals surface area (Å²) in [4.78, 5) is 13.4. The van der Waals surface area contributed by atoms with Crippen LogP contribution < -0.4 is 9.64 Å². The van der Waals surface area contributed by atoms with Crippen LogP contribution in [-0.2, 0) is 9.47 Å². The molecule has 0 spiro atoms. The largest absolute Gasteiger partial charge is 0.467 e. The second-order valence-corrected chi connectivity index (χ2v) is 3.96. The summed E-state index contributed by atoms with van der Waals surface area (Å²) < 4.78 is 15.6. The average Bonchev–Trinajstić information content (AvgIpc) is 2.45. The van der Waals surface area contributed by atoms with Gasteiger partial charge in [0.15, 0.2) is 13.1 Å². The van der Waals surface area contributed by atoms with E-state index in [-0.39, 0.29) is 6.79 Å². The summed E-state index contributed by atoms with van der Waals surface area (Å²) in [6, 6.07) is 5.57. The number of anilines is 1. The van der Waals surface area contributed by atoms with E-state index in [4.69, 9.17) is 14.2 Å². The number of methoxy groups -OCH3 is 1. The molecule has 1 fully saturated rings. The summed E-state index contributed by atoms with van der Waals surface area (Å²) in [5.41, 5.74) is 1.46. The number of benzene rings is 1. The molecule has 0 aliphatic carbocycles. The predicted molar refractivity (Wildman–Crippen MR) is 67.4 cm³/mol. The SMILES string of the molecule is COCOc1cccc(N2CCOCC2)c1C=O. The molecule has 0 saturated carbocycles. The van der Waals surface area contributed by atoms with Gasteiger partial charge in [0.1, 0.15) is 5.75 Å². The van der Waals surface area contributed by atoms with Crippen LogP contribution in [0.1, 0.15) is 10.4 Å². The van der Waals surface area contributed by atoms with Gasteiger partial charge in [-0.15, -0.1) is 0 Å². The van der Waals surface area contributed by atoms with Gasteiger partial charge in [0.2, 0.25) is 0 Å². The van der Waals surface area contributed by atoms with Gasteiger partial charge in [0.05, 0.1) is 24.5 Å². The maximum atomic E-state index is 11.3. The number of hydrogen-bond donors (Lipinski definition) is 0. The molecule has 0 unspecified atom stereocenters. The number of rotatable bonds is 5. The van der Waals surface area contributed by atoms with Gasteiger partial charge < -0.3 is 19.1 Å². The summed E-state index contributed by atoms with van der Waals surface area (Å²) in [6.07, 6.45) is 0.829. The van der Waals surface area contributed by atoms with Crippen LogP contribution in [0.2, 0.25) is 0 Å². The summed E-state index contributed by atoms with van der Waals surface area (Å²) in [7, 11) is 1.55. The molecule has 0 N–H and O–H groups in total. The summed E-state index contributed by atoms with van der Waals surface area (Å²) in [5.74, 6) is 0.552. The Morgan fingerprint density at radius 2 is 2.17 bits per heavy atom. The maximum absolute atomic E-state index is 11.3. The zero-order valence-corrected chi connectivity index (χ0v) is 10.4. The Balaban J connectivity index is 2.25. The second-order valence-electron chi connectivity index (χ2n) is 3.96. The first-order chi connectivity index (χ1) is 8.86. The van der Waals surface area contributed by atoms with Gasteiger partial charge in [0, 0.05) is 20.2 Å². The molecule has 0 atom stereocenters. The van der Waals surface area contributed by atoms with E-state index < -0.39 is 0 Å². The molecule has 1 aliphatic rings. The van der Waals surface area contributed by atoms with E-state index in [1.807, 2.05) is 12.1 Å². The van der Waals surface area contributed by atoms with Gasteiger partial charge in [-0.2, -0.15) is 0 Å². The first-order valence-corrected chi connectivity index (χ1v) is 5.89. The van der Waals surface area contributed by atoms with Crippen LogP contribution >= 0.6 is 0 Å². The number of ether oxygens (including phenoxy) is 3. The lowest BCUT2D eigenvalue weighted by atomic mass is 10.1. The fourth-order valence-electron chi connectivity index (χ4n) is 1.98. The van der Waals surface area contributed by atoms with Crippen molar-refractivity contribution in [1.29, 1.82) is 0 Å². The highest BCUT2D eigenvalue weighted by Gasteiger charge is 2.17. The van der Waals surface area contributed by atoms with E-state index in [2.05, 4.69) is 4.90 Å². The van der Waals surface area contributed by atoms with Gasteiger partial charge >= 0.3 is 0 Å². The van der Waals surface area contributed by atoms with E-state index in [1.54, 1.807) is 13.2 Å². The molecule has 0 bridgehead atoms. The lowest BCUT2D eigenvalue weighted by Crippen LogP contribution is -2.36. The van der Waals surface area contributed by atoms with Crippen LogP contribution in [0.4, 0.5) is 5.69 Å². The van der Waals surface area contributed by atoms with Crippen molar-refractivity contribution in [3.63, 3.8) is 0 Å². The molecule has 98 valence electrons. The number of nitrogens with zero attached hydrogens (tertiary/aromatic N) is 1. The van der Waals surface area contributed by atoms with Crippen LogP contribution in [-0.4, -0.2) is 46.5 Å². The summed E-state index contributed by atoms with van der Waals surface area (Å²) in [6.45, 7) is 3.07. The minimum absolute atomic E-state index is 0.132. The maximum Gasteiger partial charge on any atom is 0.188 e. The predicted octanol–water partition coefficient (Wildman–Crippen LogP) is 1.32. The fourth-order valence-corrected chi connectivity index (χ4v) is 1.98. The summed E-state index contributed by atoms with van der Waals surface area (Å²) in [5, 5.41) is 0. The van der Waals surface area contributed by atoms with Crippen molar-refractivity contribution in [3.05, 3.63) is 23.8 Å². The van der Waals surface area contributed by atoms with Crippen molar-refractivity contribution < 1.29 is 19.0 Å². The highest BCUT2D eigenvalue weighted by atomic mass is 16.7. The van der Waals surface area contributed by atoms with E-state index >= 15 is 0 Å². The normalized spacial score (nSPS) is 15.5. The highest BCUT2D eigenvalue weighted by Crippen LogP contribution is 2.28. The number of hydrogen-bond acceptors (Lipinski definition) is 5. The monoisotopic (exact) mass is 251 g/mol. The average molecular weight is 251 g/mol. The Hall–Kier alpha value is -1.59. The van der Waals surface area contributed by atoms with Crippen LogP contribution in [0, 0.1) is 0 Å². The smallest absolute Gasteiger partial charge is 0.188 e. The van der Waals surface area contributed by atoms with Gasteiger partial charge in [-0.05, 0) is 12.1 Å². The van der Waals surface area contributed by atoms with Crippen molar-refractivity contribution in [1.82, 2.24) is 0 Å². The third-order valence-electron chi connectivity index (χ3n) is 2.85. The van der Waals surface area contributed by atoms with E-state index in [0.717, 1.165) is 25.1 Å². The van der Waals surface area contributed by atoms with Gasteiger partial charge in [-0.1, -0.05) is 6.07 Å². The molecule has 1 heterocycles. The van der Waals surface area contributed by atoms with E-state index in [0.29, 0.717) is 24.5 Å². The Labute approximate surface area is 106 Å².